The first kappa shape index (κ1) is 22.0. The van der Waals surface area contributed by atoms with Crippen molar-refractivity contribution in [2.24, 2.45) is 0 Å². The highest BCUT2D eigenvalue weighted by Crippen LogP contribution is 2.14. The molecule has 0 radical (unpaired) electrons. The van der Waals surface area contributed by atoms with Gasteiger partial charge in [0.2, 0.25) is 0 Å². The summed E-state index contributed by atoms with van der Waals surface area (Å²) in [6.07, 6.45) is 15.1. The Morgan fingerprint density at radius 3 is 1.96 bits per heavy atom. The zero-order valence-corrected chi connectivity index (χ0v) is 16.2. The van der Waals surface area contributed by atoms with Gasteiger partial charge in [-0.3, -0.25) is 0 Å². The number of hydrogen-bond donors (Lipinski definition) is 1. The Morgan fingerprint density at radius 2 is 1.36 bits per heavy atom. The SMILES string of the molecule is CCCCCCCCCCCCOCOc1ccc(CCCO)cc1. The molecule has 1 aromatic rings. The molecule has 0 amide bonds. The lowest BCUT2D eigenvalue weighted by atomic mass is 10.1. The van der Waals surface area contributed by atoms with Gasteiger partial charge in [0.1, 0.15) is 5.75 Å². The zero-order chi connectivity index (χ0) is 18.0. The van der Waals surface area contributed by atoms with Crippen LogP contribution in [-0.4, -0.2) is 25.1 Å². The smallest absolute Gasteiger partial charge is 0.189 e. The van der Waals surface area contributed by atoms with Gasteiger partial charge in [-0.05, 0) is 37.0 Å². The monoisotopic (exact) mass is 350 g/mol. The van der Waals surface area contributed by atoms with Crippen molar-refractivity contribution in [3.8, 4) is 5.75 Å². The maximum Gasteiger partial charge on any atom is 0.189 e. The van der Waals surface area contributed by atoms with Crippen molar-refractivity contribution in [2.75, 3.05) is 20.0 Å². The molecule has 3 heteroatoms. The number of unbranched alkanes of at least 4 members (excludes halogenated alkanes) is 9. The molecule has 0 bridgehead atoms. The van der Waals surface area contributed by atoms with Crippen LogP contribution in [0.3, 0.4) is 0 Å². The number of benzene rings is 1. The highest BCUT2D eigenvalue weighted by Gasteiger charge is 1.97. The third-order valence-corrected chi connectivity index (χ3v) is 4.50. The summed E-state index contributed by atoms with van der Waals surface area (Å²) in [5.41, 5.74) is 1.23. The summed E-state index contributed by atoms with van der Waals surface area (Å²) in [5.74, 6) is 0.843. The van der Waals surface area contributed by atoms with Crippen LogP contribution < -0.4 is 4.74 Å². The molecule has 1 aromatic carbocycles. The van der Waals surface area contributed by atoms with E-state index in [-0.39, 0.29) is 6.61 Å². The summed E-state index contributed by atoms with van der Waals surface area (Å²) >= 11 is 0. The number of rotatable bonds is 17. The van der Waals surface area contributed by atoms with Crippen LogP contribution in [0.15, 0.2) is 24.3 Å². The highest BCUT2D eigenvalue weighted by molar-refractivity contribution is 5.27. The maximum absolute atomic E-state index is 8.83. The number of aliphatic hydroxyl groups is 1. The molecular weight excluding hydrogens is 312 g/mol. The fraction of sp³-hybridized carbons (Fsp3) is 0.727. The van der Waals surface area contributed by atoms with Crippen molar-refractivity contribution in [2.45, 2.75) is 84.0 Å². The van der Waals surface area contributed by atoms with Gasteiger partial charge >= 0.3 is 0 Å². The van der Waals surface area contributed by atoms with Crippen LogP contribution >= 0.6 is 0 Å². The lowest BCUT2D eigenvalue weighted by Gasteiger charge is -2.08. The van der Waals surface area contributed by atoms with Gasteiger partial charge in [0.25, 0.3) is 0 Å². The van der Waals surface area contributed by atoms with Crippen molar-refractivity contribution < 1.29 is 14.6 Å². The molecule has 0 fully saturated rings. The summed E-state index contributed by atoms with van der Waals surface area (Å²) in [6.45, 7) is 3.62. The van der Waals surface area contributed by atoms with Crippen LogP contribution in [0.4, 0.5) is 0 Å². The third-order valence-electron chi connectivity index (χ3n) is 4.50. The Morgan fingerprint density at radius 1 is 0.760 bits per heavy atom. The minimum Gasteiger partial charge on any atom is -0.468 e. The second kappa shape index (κ2) is 16.4. The van der Waals surface area contributed by atoms with Crippen LogP contribution in [0.25, 0.3) is 0 Å². The molecule has 0 aliphatic heterocycles. The Balaban J connectivity index is 1.87. The molecule has 0 unspecified atom stereocenters. The van der Waals surface area contributed by atoms with Crippen molar-refractivity contribution in [1.29, 1.82) is 0 Å². The molecular formula is C22H38O3. The Labute approximate surface area is 154 Å². The van der Waals surface area contributed by atoms with Crippen LogP contribution in [-0.2, 0) is 11.2 Å². The topological polar surface area (TPSA) is 38.7 Å². The minimum atomic E-state index is 0.241. The Bertz CT molecular complexity index is 389. The van der Waals surface area contributed by atoms with E-state index in [2.05, 4.69) is 6.92 Å². The van der Waals surface area contributed by atoms with E-state index in [1.54, 1.807) is 0 Å². The standard InChI is InChI=1S/C22H38O3/c1-2-3-4-5-6-7-8-9-10-11-19-24-20-25-22-16-14-21(15-17-22)13-12-18-23/h14-17,23H,2-13,18-20H2,1H3. The molecule has 0 aliphatic carbocycles. The summed E-state index contributed by atoms with van der Waals surface area (Å²) < 4.78 is 11.1. The lowest BCUT2D eigenvalue weighted by Crippen LogP contribution is -2.04. The number of hydrogen-bond acceptors (Lipinski definition) is 3. The molecule has 0 saturated carbocycles. The average molecular weight is 351 g/mol. The van der Waals surface area contributed by atoms with Crippen LogP contribution in [0.5, 0.6) is 5.75 Å². The molecule has 3 nitrogen and oxygen atoms in total. The van der Waals surface area contributed by atoms with E-state index in [9.17, 15) is 0 Å². The molecule has 0 spiro atoms. The number of ether oxygens (including phenoxy) is 2. The third kappa shape index (κ3) is 12.9. The van der Waals surface area contributed by atoms with Gasteiger partial charge in [-0.15, -0.1) is 0 Å². The molecule has 25 heavy (non-hydrogen) atoms. The average Bonchev–Trinajstić information content (AvgIpc) is 2.65. The predicted octanol–water partition coefficient (Wildman–Crippen LogP) is 5.89. The zero-order valence-electron chi connectivity index (χ0n) is 16.2. The van der Waals surface area contributed by atoms with Crippen molar-refractivity contribution in [3.05, 3.63) is 29.8 Å². The molecule has 0 atom stereocenters. The van der Waals surface area contributed by atoms with Crippen molar-refractivity contribution in [3.63, 3.8) is 0 Å². The summed E-state index contributed by atoms with van der Waals surface area (Å²) in [7, 11) is 0. The normalized spacial score (nSPS) is 11.0. The van der Waals surface area contributed by atoms with Gasteiger partial charge in [-0.2, -0.15) is 0 Å². The lowest BCUT2D eigenvalue weighted by molar-refractivity contribution is 0.0135. The Hall–Kier alpha value is -1.06. The quantitative estimate of drug-likeness (QED) is 0.281. The summed E-state index contributed by atoms with van der Waals surface area (Å²) in [6, 6.07) is 8.04. The van der Waals surface area contributed by atoms with E-state index < -0.39 is 0 Å². The van der Waals surface area contributed by atoms with Gasteiger partial charge in [0, 0.05) is 6.61 Å². The molecule has 0 heterocycles. The molecule has 0 aliphatic rings. The van der Waals surface area contributed by atoms with E-state index in [1.165, 1.54) is 63.4 Å². The van der Waals surface area contributed by atoms with Crippen LogP contribution in [0.2, 0.25) is 0 Å². The molecule has 1 N–H and O–H groups in total. The summed E-state index contributed by atoms with van der Waals surface area (Å²) in [5, 5.41) is 8.83. The van der Waals surface area contributed by atoms with Gasteiger partial charge in [-0.25, -0.2) is 0 Å². The van der Waals surface area contributed by atoms with Crippen LogP contribution in [0, 0.1) is 0 Å². The number of aliphatic hydroxyl groups excluding tert-OH is 1. The fourth-order valence-corrected chi connectivity index (χ4v) is 2.90. The van der Waals surface area contributed by atoms with E-state index in [0.717, 1.165) is 31.6 Å². The molecule has 144 valence electrons. The van der Waals surface area contributed by atoms with E-state index in [0.29, 0.717) is 6.79 Å². The maximum atomic E-state index is 8.83. The van der Waals surface area contributed by atoms with Gasteiger partial charge in [0.05, 0.1) is 6.61 Å². The van der Waals surface area contributed by atoms with E-state index in [4.69, 9.17) is 14.6 Å². The van der Waals surface area contributed by atoms with Gasteiger partial charge < -0.3 is 14.6 Å². The first-order chi connectivity index (χ1) is 12.4. The number of aryl methyl sites for hydroxylation is 1. The van der Waals surface area contributed by atoms with E-state index >= 15 is 0 Å². The molecule has 0 saturated heterocycles. The first-order valence-corrected chi connectivity index (χ1v) is 10.3. The Kier molecular flexibility index (Phi) is 14.4. The molecule has 0 aromatic heterocycles. The second-order valence-corrected chi connectivity index (χ2v) is 6.82. The van der Waals surface area contributed by atoms with Crippen LogP contribution in [0.1, 0.15) is 83.1 Å². The highest BCUT2D eigenvalue weighted by atomic mass is 16.7. The van der Waals surface area contributed by atoms with Crippen molar-refractivity contribution in [1.82, 2.24) is 0 Å². The van der Waals surface area contributed by atoms with Crippen molar-refractivity contribution >= 4 is 0 Å². The van der Waals surface area contributed by atoms with Gasteiger partial charge in [0.15, 0.2) is 6.79 Å². The van der Waals surface area contributed by atoms with E-state index in [1.807, 2.05) is 24.3 Å². The minimum absolute atomic E-state index is 0.241. The first-order valence-electron chi connectivity index (χ1n) is 10.3. The molecule has 1 rings (SSSR count). The predicted molar refractivity (Wildman–Crippen MR) is 105 cm³/mol. The largest absolute Gasteiger partial charge is 0.468 e. The summed E-state index contributed by atoms with van der Waals surface area (Å²) in [4.78, 5) is 0. The fourth-order valence-electron chi connectivity index (χ4n) is 2.90. The second-order valence-electron chi connectivity index (χ2n) is 6.82. The van der Waals surface area contributed by atoms with Gasteiger partial charge in [-0.1, -0.05) is 76.8 Å².